The summed E-state index contributed by atoms with van der Waals surface area (Å²) in [5.74, 6) is -4.61. The fourth-order valence-corrected chi connectivity index (χ4v) is 2.47. The van der Waals surface area contributed by atoms with Crippen LogP contribution in [0.2, 0.25) is 5.15 Å². The van der Waals surface area contributed by atoms with Crippen molar-refractivity contribution in [3.05, 3.63) is 46.8 Å². The number of aromatic nitrogens is 4. The van der Waals surface area contributed by atoms with Crippen LogP contribution in [0.15, 0.2) is 18.5 Å². The maximum atomic E-state index is 14.2. The van der Waals surface area contributed by atoms with Crippen molar-refractivity contribution in [2.45, 2.75) is 6.92 Å². The van der Waals surface area contributed by atoms with Crippen LogP contribution in [0.5, 0.6) is 0 Å². The van der Waals surface area contributed by atoms with Crippen molar-refractivity contribution < 1.29 is 22.7 Å². The van der Waals surface area contributed by atoms with Crippen molar-refractivity contribution in [1.82, 2.24) is 19.6 Å². The van der Waals surface area contributed by atoms with Gasteiger partial charge in [0.1, 0.15) is 28.9 Å². The van der Waals surface area contributed by atoms with Gasteiger partial charge in [-0.15, -0.1) is 0 Å². The summed E-state index contributed by atoms with van der Waals surface area (Å²) in [6, 6.07) is 0.935. The molecule has 10 heteroatoms. The van der Waals surface area contributed by atoms with Gasteiger partial charge in [0.05, 0.1) is 17.7 Å². The molecule has 3 rings (SSSR count). The van der Waals surface area contributed by atoms with Gasteiger partial charge in [0, 0.05) is 12.1 Å². The molecule has 0 amide bonds. The minimum atomic E-state index is -1.25. The molecular formula is C14H8ClF3N4O2. The second-order valence-corrected chi connectivity index (χ2v) is 4.92. The highest BCUT2D eigenvalue weighted by Gasteiger charge is 2.28. The van der Waals surface area contributed by atoms with Gasteiger partial charge in [-0.3, -0.25) is 0 Å². The number of halogens is 4. The van der Waals surface area contributed by atoms with Gasteiger partial charge < -0.3 is 4.74 Å². The van der Waals surface area contributed by atoms with E-state index in [0.717, 1.165) is 10.8 Å². The fourth-order valence-electron chi connectivity index (χ4n) is 2.21. The maximum absolute atomic E-state index is 14.2. The molecule has 0 aliphatic carbocycles. The number of esters is 1. The molecule has 6 nitrogen and oxygen atoms in total. The first-order chi connectivity index (χ1) is 11.4. The minimum absolute atomic E-state index is 0.00277. The number of hydrogen-bond donors (Lipinski definition) is 0. The molecule has 0 saturated heterocycles. The highest BCUT2D eigenvalue weighted by molar-refractivity contribution is 6.33. The lowest BCUT2D eigenvalue weighted by Gasteiger charge is -2.13. The molecule has 0 fully saturated rings. The molecule has 124 valence electrons. The zero-order valence-corrected chi connectivity index (χ0v) is 12.8. The zero-order chi connectivity index (χ0) is 17.4. The van der Waals surface area contributed by atoms with E-state index in [9.17, 15) is 18.0 Å². The lowest BCUT2D eigenvalue weighted by atomic mass is 10.0. The van der Waals surface area contributed by atoms with E-state index in [1.807, 2.05) is 0 Å². The van der Waals surface area contributed by atoms with Crippen LogP contribution in [0, 0.1) is 17.5 Å². The van der Waals surface area contributed by atoms with Crippen molar-refractivity contribution >= 4 is 23.3 Å². The summed E-state index contributed by atoms with van der Waals surface area (Å²) in [7, 11) is 0. The van der Waals surface area contributed by atoms with Gasteiger partial charge >= 0.3 is 5.97 Å². The van der Waals surface area contributed by atoms with Crippen LogP contribution < -0.4 is 0 Å². The Morgan fingerprint density at radius 2 is 1.92 bits per heavy atom. The Bertz CT molecular complexity index is 938. The van der Waals surface area contributed by atoms with Gasteiger partial charge in [0.25, 0.3) is 5.78 Å². The monoisotopic (exact) mass is 356 g/mol. The van der Waals surface area contributed by atoms with Gasteiger partial charge in [-0.25, -0.2) is 18.0 Å². The summed E-state index contributed by atoms with van der Waals surface area (Å²) in [6.45, 7) is 1.56. The number of nitrogens with zero attached hydrogens (tertiary/aromatic N) is 4. The number of ether oxygens (including phenoxy) is 1. The third-order valence-electron chi connectivity index (χ3n) is 3.11. The smallest absolute Gasteiger partial charge is 0.357 e. The SMILES string of the molecule is CCOC(=O)c1c(-c2c(F)cc(F)cc2F)c(Cl)nc2ncnn12. The molecule has 0 aliphatic rings. The second-order valence-electron chi connectivity index (χ2n) is 4.56. The van der Waals surface area contributed by atoms with Crippen molar-refractivity contribution in [3.63, 3.8) is 0 Å². The maximum Gasteiger partial charge on any atom is 0.357 e. The molecule has 0 unspecified atom stereocenters. The summed E-state index contributed by atoms with van der Waals surface area (Å²) in [6.07, 6.45) is 1.09. The normalized spacial score (nSPS) is 11.0. The lowest BCUT2D eigenvalue weighted by molar-refractivity contribution is 0.0517. The number of hydrogen-bond acceptors (Lipinski definition) is 5. The molecule has 24 heavy (non-hydrogen) atoms. The van der Waals surface area contributed by atoms with Crippen LogP contribution in [0.3, 0.4) is 0 Å². The average Bonchev–Trinajstić information content (AvgIpc) is 2.94. The van der Waals surface area contributed by atoms with Crippen LogP contribution in [-0.2, 0) is 4.74 Å². The highest BCUT2D eigenvalue weighted by Crippen LogP contribution is 2.35. The second kappa shape index (κ2) is 6.08. The molecular weight excluding hydrogens is 349 g/mol. The van der Waals surface area contributed by atoms with E-state index in [4.69, 9.17) is 16.3 Å². The van der Waals surface area contributed by atoms with Crippen molar-refractivity contribution in [2.24, 2.45) is 0 Å². The molecule has 3 aromatic rings. The van der Waals surface area contributed by atoms with Crippen molar-refractivity contribution in [3.8, 4) is 11.1 Å². The van der Waals surface area contributed by atoms with E-state index in [1.165, 1.54) is 0 Å². The predicted molar refractivity (Wildman–Crippen MR) is 77.1 cm³/mol. The van der Waals surface area contributed by atoms with E-state index in [-0.39, 0.29) is 18.1 Å². The van der Waals surface area contributed by atoms with Crippen LogP contribution in [0.4, 0.5) is 13.2 Å². The standard InChI is InChI=1S/C14H8ClF3N4O2/c1-2-24-13(23)11-10(9-7(17)3-6(16)4-8(9)18)12(15)21-14-19-5-20-22(11)14/h3-5H,2H2,1H3. The molecule has 0 aliphatic heterocycles. The third kappa shape index (κ3) is 2.56. The Morgan fingerprint density at radius 3 is 2.54 bits per heavy atom. The quantitative estimate of drug-likeness (QED) is 0.533. The van der Waals surface area contributed by atoms with Crippen LogP contribution in [-0.4, -0.2) is 32.2 Å². The Balaban J connectivity index is 2.42. The lowest BCUT2D eigenvalue weighted by Crippen LogP contribution is -2.15. The minimum Gasteiger partial charge on any atom is -0.461 e. The van der Waals surface area contributed by atoms with Crippen LogP contribution >= 0.6 is 11.6 Å². The molecule has 0 saturated carbocycles. The average molecular weight is 357 g/mol. The molecule has 0 radical (unpaired) electrons. The summed E-state index contributed by atoms with van der Waals surface area (Å²) in [4.78, 5) is 19.9. The fraction of sp³-hybridized carbons (Fsp3) is 0.143. The molecule has 0 N–H and O–H groups in total. The van der Waals surface area contributed by atoms with Gasteiger partial charge in [-0.1, -0.05) is 11.6 Å². The first kappa shape index (κ1) is 16.2. The van der Waals surface area contributed by atoms with Gasteiger partial charge in [0.2, 0.25) is 0 Å². The molecule has 2 heterocycles. The Hall–Kier alpha value is -2.68. The predicted octanol–water partition coefficient (Wildman–Crippen LogP) is 3.04. The van der Waals surface area contributed by atoms with E-state index in [1.54, 1.807) is 6.92 Å². The largest absolute Gasteiger partial charge is 0.461 e. The summed E-state index contributed by atoms with van der Waals surface area (Å²) in [5.41, 5.74) is -1.48. The van der Waals surface area contributed by atoms with Gasteiger partial charge in [0.15, 0.2) is 5.69 Å². The molecule has 1 aromatic carbocycles. The van der Waals surface area contributed by atoms with E-state index in [0.29, 0.717) is 12.1 Å². The van der Waals surface area contributed by atoms with Gasteiger partial charge in [-0.05, 0) is 6.92 Å². The third-order valence-corrected chi connectivity index (χ3v) is 3.38. The Labute approximate surface area is 137 Å². The molecule has 0 bridgehead atoms. The number of rotatable bonds is 3. The molecule has 0 atom stereocenters. The molecule has 2 aromatic heterocycles. The number of fused-ring (bicyclic) bond motifs is 1. The number of carbonyl (C=O) groups excluding carboxylic acids is 1. The summed E-state index contributed by atoms with van der Waals surface area (Å²) < 4.78 is 47.3. The van der Waals surface area contributed by atoms with Crippen LogP contribution in [0.25, 0.3) is 16.9 Å². The highest BCUT2D eigenvalue weighted by atomic mass is 35.5. The Morgan fingerprint density at radius 1 is 1.25 bits per heavy atom. The first-order valence-electron chi connectivity index (χ1n) is 6.65. The van der Waals surface area contributed by atoms with E-state index < -0.39 is 39.7 Å². The van der Waals surface area contributed by atoms with Crippen LogP contribution in [0.1, 0.15) is 17.4 Å². The topological polar surface area (TPSA) is 69.4 Å². The van der Waals surface area contributed by atoms with E-state index in [2.05, 4.69) is 15.1 Å². The van der Waals surface area contributed by atoms with Crippen molar-refractivity contribution in [1.29, 1.82) is 0 Å². The summed E-state index contributed by atoms with van der Waals surface area (Å²) >= 11 is 6.00. The number of benzene rings is 1. The van der Waals surface area contributed by atoms with Crippen molar-refractivity contribution in [2.75, 3.05) is 6.61 Å². The summed E-state index contributed by atoms with van der Waals surface area (Å²) in [5, 5.41) is 3.39. The van der Waals surface area contributed by atoms with E-state index >= 15 is 0 Å². The Kier molecular flexibility index (Phi) is 4.10. The van der Waals surface area contributed by atoms with Gasteiger partial charge in [-0.2, -0.15) is 19.6 Å². The number of carbonyl (C=O) groups is 1. The first-order valence-corrected chi connectivity index (χ1v) is 7.03. The molecule has 0 spiro atoms. The zero-order valence-electron chi connectivity index (χ0n) is 12.1.